The molecule has 0 saturated heterocycles. The molecule has 1 fully saturated rings. The molecule has 1 aromatic carbocycles. The highest BCUT2D eigenvalue weighted by Crippen LogP contribution is 2.37. The molecule has 0 bridgehead atoms. The van der Waals surface area contributed by atoms with Crippen molar-refractivity contribution in [3.63, 3.8) is 0 Å². The summed E-state index contributed by atoms with van der Waals surface area (Å²) in [6.07, 6.45) is 5.06. The lowest BCUT2D eigenvalue weighted by molar-refractivity contribution is 0.240. The number of H-pyrrole nitrogens is 1. The van der Waals surface area contributed by atoms with Crippen LogP contribution >= 0.6 is 11.6 Å². The molecule has 1 saturated carbocycles. The highest BCUT2D eigenvalue weighted by molar-refractivity contribution is 6.30. The molecule has 1 aliphatic rings. The van der Waals surface area contributed by atoms with Crippen molar-refractivity contribution in [2.45, 2.75) is 24.8 Å². The fraction of sp³-hybridized carbons (Fsp3) is 0.308. The maximum absolute atomic E-state index is 6.22. The van der Waals surface area contributed by atoms with E-state index in [9.17, 15) is 0 Å². The van der Waals surface area contributed by atoms with Crippen molar-refractivity contribution >= 4 is 11.6 Å². The Morgan fingerprint density at radius 3 is 2.53 bits per heavy atom. The first-order valence-corrected chi connectivity index (χ1v) is 6.15. The number of halogens is 1. The average molecular weight is 248 g/mol. The lowest BCUT2D eigenvalue weighted by atomic mass is 9.77. The lowest BCUT2D eigenvalue weighted by Crippen LogP contribution is -2.44. The van der Waals surface area contributed by atoms with Gasteiger partial charge < -0.3 is 10.7 Å². The number of benzene rings is 1. The van der Waals surface area contributed by atoms with Gasteiger partial charge in [-0.25, -0.2) is 4.98 Å². The summed E-state index contributed by atoms with van der Waals surface area (Å²) in [5.74, 6) is 0.897. The van der Waals surface area contributed by atoms with Crippen LogP contribution in [0.4, 0.5) is 0 Å². The van der Waals surface area contributed by atoms with Crippen molar-refractivity contribution in [3.8, 4) is 11.3 Å². The summed E-state index contributed by atoms with van der Waals surface area (Å²) in [6.45, 7) is 0. The molecule has 1 heterocycles. The summed E-state index contributed by atoms with van der Waals surface area (Å²) in [5.41, 5.74) is 8.07. The summed E-state index contributed by atoms with van der Waals surface area (Å²) in [7, 11) is 0. The Bertz CT molecular complexity index is 526. The van der Waals surface area contributed by atoms with Crippen molar-refractivity contribution in [2.24, 2.45) is 5.73 Å². The normalized spacial score (nSPS) is 17.8. The maximum Gasteiger partial charge on any atom is 0.126 e. The summed E-state index contributed by atoms with van der Waals surface area (Å²) in [4.78, 5) is 7.71. The first-order chi connectivity index (χ1) is 8.17. The van der Waals surface area contributed by atoms with E-state index in [2.05, 4.69) is 9.97 Å². The molecule has 88 valence electrons. The topological polar surface area (TPSA) is 54.7 Å². The van der Waals surface area contributed by atoms with E-state index in [1.54, 1.807) is 0 Å². The molecule has 0 unspecified atom stereocenters. The lowest BCUT2D eigenvalue weighted by Gasteiger charge is -2.35. The maximum atomic E-state index is 6.22. The second-order valence-corrected chi connectivity index (χ2v) is 5.10. The van der Waals surface area contributed by atoms with Crippen molar-refractivity contribution in [1.29, 1.82) is 0 Å². The SMILES string of the molecule is NC1(c2ncc(-c3ccc(Cl)cc3)[nH]2)CCC1. The molecule has 0 amide bonds. The van der Waals surface area contributed by atoms with Gasteiger partial charge in [-0.3, -0.25) is 0 Å². The van der Waals surface area contributed by atoms with Gasteiger partial charge in [-0.1, -0.05) is 23.7 Å². The van der Waals surface area contributed by atoms with Crippen LogP contribution in [0.3, 0.4) is 0 Å². The van der Waals surface area contributed by atoms with Crippen molar-refractivity contribution < 1.29 is 0 Å². The van der Waals surface area contributed by atoms with E-state index < -0.39 is 0 Å². The zero-order chi connectivity index (χ0) is 11.9. The van der Waals surface area contributed by atoms with Gasteiger partial charge in [-0.15, -0.1) is 0 Å². The summed E-state index contributed by atoms with van der Waals surface area (Å²) in [6, 6.07) is 7.70. The zero-order valence-corrected chi connectivity index (χ0v) is 10.2. The molecule has 4 heteroatoms. The zero-order valence-electron chi connectivity index (χ0n) is 9.41. The minimum absolute atomic E-state index is 0.231. The Balaban J connectivity index is 1.92. The number of nitrogens with one attached hydrogen (secondary N) is 1. The standard InChI is InChI=1S/C13H14ClN3/c14-10-4-2-9(3-5-10)11-8-16-12(17-11)13(15)6-1-7-13/h2-5,8H,1,6-7,15H2,(H,16,17). The minimum Gasteiger partial charge on any atom is -0.340 e. The van der Waals surface area contributed by atoms with Gasteiger partial charge in [-0.05, 0) is 37.0 Å². The fourth-order valence-electron chi connectivity index (χ4n) is 2.14. The summed E-state index contributed by atoms with van der Waals surface area (Å²) >= 11 is 5.86. The van der Waals surface area contributed by atoms with Gasteiger partial charge in [0.2, 0.25) is 0 Å². The van der Waals surface area contributed by atoms with Crippen molar-refractivity contribution in [2.75, 3.05) is 0 Å². The van der Waals surface area contributed by atoms with Gasteiger partial charge in [-0.2, -0.15) is 0 Å². The van der Waals surface area contributed by atoms with E-state index in [1.807, 2.05) is 30.5 Å². The molecule has 1 aromatic heterocycles. The van der Waals surface area contributed by atoms with Gasteiger partial charge in [0.05, 0.1) is 17.4 Å². The first kappa shape index (κ1) is 10.8. The molecule has 3 N–H and O–H groups in total. The molecule has 0 atom stereocenters. The Morgan fingerprint density at radius 1 is 1.24 bits per heavy atom. The number of aromatic amines is 1. The van der Waals surface area contributed by atoms with E-state index in [0.717, 1.165) is 34.9 Å². The Morgan fingerprint density at radius 2 is 1.94 bits per heavy atom. The number of hydrogen-bond acceptors (Lipinski definition) is 2. The molecular weight excluding hydrogens is 234 g/mol. The van der Waals surface area contributed by atoms with Gasteiger partial charge in [0, 0.05) is 5.02 Å². The van der Waals surface area contributed by atoms with E-state index in [4.69, 9.17) is 17.3 Å². The third kappa shape index (κ3) is 1.85. The third-order valence-electron chi connectivity index (χ3n) is 3.45. The van der Waals surface area contributed by atoms with Crippen LogP contribution in [0.5, 0.6) is 0 Å². The fourth-order valence-corrected chi connectivity index (χ4v) is 2.27. The number of nitrogens with zero attached hydrogens (tertiary/aromatic N) is 1. The predicted octanol–water partition coefficient (Wildman–Crippen LogP) is 3.07. The number of imidazole rings is 1. The van der Waals surface area contributed by atoms with E-state index in [1.165, 1.54) is 6.42 Å². The number of hydrogen-bond donors (Lipinski definition) is 2. The number of rotatable bonds is 2. The van der Waals surface area contributed by atoms with E-state index >= 15 is 0 Å². The second kappa shape index (κ2) is 3.86. The van der Waals surface area contributed by atoms with Crippen LogP contribution in [0.15, 0.2) is 30.5 Å². The largest absolute Gasteiger partial charge is 0.340 e. The molecule has 0 spiro atoms. The molecule has 17 heavy (non-hydrogen) atoms. The number of nitrogens with two attached hydrogens (primary N) is 1. The molecule has 3 nitrogen and oxygen atoms in total. The van der Waals surface area contributed by atoms with Crippen molar-refractivity contribution in [1.82, 2.24) is 9.97 Å². The van der Waals surface area contributed by atoms with Crippen LogP contribution in [0.2, 0.25) is 5.02 Å². The summed E-state index contributed by atoms with van der Waals surface area (Å²) < 4.78 is 0. The Hall–Kier alpha value is -1.32. The molecule has 3 rings (SSSR count). The molecule has 2 aromatic rings. The van der Waals surface area contributed by atoms with Crippen LogP contribution in [-0.4, -0.2) is 9.97 Å². The number of aromatic nitrogens is 2. The first-order valence-electron chi connectivity index (χ1n) is 5.78. The molecular formula is C13H14ClN3. The molecule has 0 aliphatic heterocycles. The molecule has 1 aliphatic carbocycles. The summed E-state index contributed by atoms with van der Waals surface area (Å²) in [5, 5.41) is 0.739. The quantitative estimate of drug-likeness (QED) is 0.857. The van der Waals surface area contributed by atoms with Crippen LogP contribution in [0.1, 0.15) is 25.1 Å². The van der Waals surface area contributed by atoms with Gasteiger partial charge in [0.25, 0.3) is 0 Å². The predicted molar refractivity (Wildman–Crippen MR) is 68.8 cm³/mol. The third-order valence-corrected chi connectivity index (χ3v) is 3.70. The Kier molecular flexibility index (Phi) is 2.45. The van der Waals surface area contributed by atoms with Crippen molar-refractivity contribution in [3.05, 3.63) is 41.3 Å². The van der Waals surface area contributed by atoms with Crippen LogP contribution in [-0.2, 0) is 5.54 Å². The highest BCUT2D eigenvalue weighted by atomic mass is 35.5. The van der Waals surface area contributed by atoms with Gasteiger partial charge in [0.15, 0.2) is 0 Å². The van der Waals surface area contributed by atoms with E-state index in [-0.39, 0.29) is 5.54 Å². The Labute approximate surface area is 105 Å². The smallest absolute Gasteiger partial charge is 0.126 e. The van der Waals surface area contributed by atoms with Crippen LogP contribution in [0, 0.1) is 0 Å². The van der Waals surface area contributed by atoms with Crippen LogP contribution in [0.25, 0.3) is 11.3 Å². The second-order valence-electron chi connectivity index (χ2n) is 4.66. The van der Waals surface area contributed by atoms with Gasteiger partial charge in [0.1, 0.15) is 5.82 Å². The van der Waals surface area contributed by atoms with Gasteiger partial charge >= 0.3 is 0 Å². The molecule has 0 radical (unpaired) electrons. The van der Waals surface area contributed by atoms with Crippen LogP contribution < -0.4 is 5.73 Å². The highest BCUT2D eigenvalue weighted by Gasteiger charge is 2.37. The minimum atomic E-state index is -0.231. The monoisotopic (exact) mass is 247 g/mol. The van der Waals surface area contributed by atoms with E-state index in [0.29, 0.717) is 0 Å². The average Bonchev–Trinajstić information content (AvgIpc) is 2.76.